The van der Waals surface area contributed by atoms with Crippen LogP contribution in [-0.4, -0.2) is 30.2 Å². The summed E-state index contributed by atoms with van der Waals surface area (Å²) in [7, 11) is 0. The molecule has 1 fully saturated rings. The third kappa shape index (κ3) is 2.97. The summed E-state index contributed by atoms with van der Waals surface area (Å²) in [5.41, 5.74) is 1.40. The van der Waals surface area contributed by atoms with Crippen LogP contribution in [0.2, 0.25) is 0 Å². The zero-order chi connectivity index (χ0) is 12.1. The van der Waals surface area contributed by atoms with Gasteiger partial charge in [0, 0.05) is 18.4 Å². The first-order valence-electron chi connectivity index (χ1n) is 5.83. The standard InChI is InChI=1S/C13H17NO3/c1-10(14-15)12-4-2-3-5-13(12)17-11-6-8-16-9-7-11/h2-5,11,15H,6-9H2,1H3. The second kappa shape index (κ2) is 5.68. The molecule has 2 rings (SSSR count). The number of oxime groups is 1. The molecule has 1 N–H and O–H groups in total. The molecule has 0 aromatic heterocycles. The maximum absolute atomic E-state index is 8.83. The lowest BCUT2D eigenvalue weighted by Gasteiger charge is -2.24. The molecule has 1 heterocycles. The number of rotatable bonds is 3. The van der Waals surface area contributed by atoms with Gasteiger partial charge in [-0.2, -0.15) is 0 Å². The average molecular weight is 235 g/mol. The van der Waals surface area contributed by atoms with E-state index in [9.17, 15) is 0 Å². The van der Waals surface area contributed by atoms with E-state index in [2.05, 4.69) is 5.16 Å². The number of nitrogens with zero attached hydrogens (tertiary/aromatic N) is 1. The zero-order valence-electron chi connectivity index (χ0n) is 9.93. The van der Waals surface area contributed by atoms with Crippen molar-refractivity contribution in [1.82, 2.24) is 0 Å². The van der Waals surface area contributed by atoms with Crippen molar-refractivity contribution in [3.05, 3.63) is 29.8 Å². The van der Waals surface area contributed by atoms with Crippen molar-refractivity contribution in [3.63, 3.8) is 0 Å². The van der Waals surface area contributed by atoms with Crippen molar-refractivity contribution < 1.29 is 14.7 Å². The Kier molecular flexibility index (Phi) is 3.98. The molecule has 0 spiro atoms. The van der Waals surface area contributed by atoms with Gasteiger partial charge in [0.25, 0.3) is 0 Å². The minimum atomic E-state index is 0.191. The van der Waals surface area contributed by atoms with E-state index in [1.807, 2.05) is 24.3 Å². The Hall–Kier alpha value is -1.55. The van der Waals surface area contributed by atoms with Crippen LogP contribution in [0.15, 0.2) is 29.4 Å². The van der Waals surface area contributed by atoms with Gasteiger partial charge in [-0.1, -0.05) is 17.3 Å². The highest BCUT2D eigenvalue weighted by Crippen LogP contribution is 2.23. The molecule has 1 aromatic carbocycles. The molecule has 0 amide bonds. The Morgan fingerprint density at radius 2 is 2.06 bits per heavy atom. The highest BCUT2D eigenvalue weighted by molar-refractivity contribution is 6.00. The Labute approximate surface area is 101 Å². The first-order valence-corrected chi connectivity index (χ1v) is 5.83. The number of ether oxygens (including phenoxy) is 2. The minimum Gasteiger partial charge on any atom is -0.490 e. The maximum Gasteiger partial charge on any atom is 0.128 e. The molecule has 0 bridgehead atoms. The van der Waals surface area contributed by atoms with Gasteiger partial charge in [-0.05, 0) is 19.1 Å². The van der Waals surface area contributed by atoms with Crippen LogP contribution >= 0.6 is 0 Å². The molecule has 92 valence electrons. The summed E-state index contributed by atoms with van der Waals surface area (Å²) in [6.45, 7) is 3.26. The molecule has 0 aliphatic carbocycles. The van der Waals surface area contributed by atoms with Gasteiger partial charge in [0.05, 0.1) is 18.9 Å². The molecule has 0 saturated carbocycles. The van der Waals surface area contributed by atoms with Crippen LogP contribution in [-0.2, 0) is 4.74 Å². The first-order chi connectivity index (χ1) is 8.31. The molecular weight excluding hydrogens is 218 g/mol. The summed E-state index contributed by atoms with van der Waals surface area (Å²) in [6, 6.07) is 7.62. The Morgan fingerprint density at radius 3 is 2.76 bits per heavy atom. The molecule has 17 heavy (non-hydrogen) atoms. The van der Waals surface area contributed by atoms with Crippen molar-refractivity contribution >= 4 is 5.71 Å². The van der Waals surface area contributed by atoms with Crippen molar-refractivity contribution in [1.29, 1.82) is 0 Å². The largest absolute Gasteiger partial charge is 0.490 e. The molecule has 1 aliphatic heterocycles. The number of hydrogen-bond donors (Lipinski definition) is 1. The van der Waals surface area contributed by atoms with Crippen LogP contribution in [0.25, 0.3) is 0 Å². The van der Waals surface area contributed by atoms with Gasteiger partial charge < -0.3 is 14.7 Å². The van der Waals surface area contributed by atoms with E-state index in [4.69, 9.17) is 14.7 Å². The topological polar surface area (TPSA) is 51.1 Å². The highest BCUT2D eigenvalue weighted by atomic mass is 16.5. The van der Waals surface area contributed by atoms with Gasteiger partial charge in [0.1, 0.15) is 11.9 Å². The quantitative estimate of drug-likeness (QED) is 0.497. The molecule has 1 aliphatic rings. The number of hydrogen-bond acceptors (Lipinski definition) is 4. The zero-order valence-corrected chi connectivity index (χ0v) is 9.93. The van der Waals surface area contributed by atoms with Gasteiger partial charge in [0.2, 0.25) is 0 Å². The van der Waals surface area contributed by atoms with E-state index in [0.717, 1.165) is 37.4 Å². The van der Waals surface area contributed by atoms with E-state index in [1.54, 1.807) is 6.92 Å². The van der Waals surface area contributed by atoms with E-state index >= 15 is 0 Å². The Morgan fingerprint density at radius 1 is 1.35 bits per heavy atom. The van der Waals surface area contributed by atoms with Crippen LogP contribution in [0, 0.1) is 0 Å². The summed E-state index contributed by atoms with van der Waals surface area (Å²) in [5, 5.41) is 12.1. The SMILES string of the molecule is CC(=NO)c1ccccc1OC1CCOCC1. The number of benzene rings is 1. The molecule has 0 atom stereocenters. The van der Waals surface area contributed by atoms with E-state index < -0.39 is 0 Å². The van der Waals surface area contributed by atoms with Gasteiger partial charge in [-0.25, -0.2) is 0 Å². The molecular formula is C13H17NO3. The summed E-state index contributed by atoms with van der Waals surface area (Å²) in [4.78, 5) is 0. The summed E-state index contributed by atoms with van der Waals surface area (Å²) < 4.78 is 11.2. The van der Waals surface area contributed by atoms with E-state index in [-0.39, 0.29) is 6.10 Å². The lowest BCUT2D eigenvalue weighted by Crippen LogP contribution is -2.26. The van der Waals surface area contributed by atoms with Crippen molar-refractivity contribution in [2.75, 3.05) is 13.2 Å². The van der Waals surface area contributed by atoms with Crippen LogP contribution in [0.5, 0.6) is 5.75 Å². The lowest BCUT2D eigenvalue weighted by atomic mass is 10.1. The summed E-state index contributed by atoms with van der Waals surface area (Å²) in [5.74, 6) is 0.773. The van der Waals surface area contributed by atoms with Crippen molar-refractivity contribution in [2.24, 2.45) is 5.16 Å². The van der Waals surface area contributed by atoms with Crippen LogP contribution < -0.4 is 4.74 Å². The predicted molar refractivity (Wildman–Crippen MR) is 64.9 cm³/mol. The van der Waals surface area contributed by atoms with E-state index in [1.165, 1.54) is 0 Å². The predicted octanol–water partition coefficient (Wildman–Crippen LogP) is 2.44. The normalized spacial score (nSPS) is 18.1. The van der Waals surface area contributed by atoms with Gasteiger partial charge in [-0.15, -0.1) is 0 Å². The Bertz CT molecular complexity index is 397. The average Bonchev–Trinajstić information content (AvgIpc) is 2.40. The Balaban J connectivity index is 2.14. The third-order valence-electron chi connectivity index (χ3n) is 2.89. The van der Waals surface area contributed by atoms with Gasteiger partial charge in [-0.3, -0.25) is 0 Å². The maximum atomic E-state index is 8.83. The monoisotopic (exact) mass is 235 g/mol. The second-order valence-corrected chi connectivity index (χ2v) is 4.11. The summed E-state index contributed by atoms with van der Waals surface area (Å²) >= 11 is 0. The molecule has 4 heteroatoms. The molecule has 1 aromatic rings. The van der Waals surface area contributed by atoms with Crippen LogP contribution in [0.1, 0.15) is 25.3 Å². The first kappa shape index (κ1) is 11.9. The highest BCUT2D eigenvalue weighted by Gasteiger charge is 2.17. The lowest BCUT2D eigenvalue weighted by molar-refractivity contribution is 0.0255. The molecule has 0 radical (unpaired) electrons. The van der Waals surface area contributed by atoms with Gasteiger partial charge in [0.15, 0.2) is 0 Å². The fraction of sp³-hybridized carbons (Fsp3) is 0.462. The smallest absolute Gasteiger partial charge is 0.128 e. The second-order valence-electron chi connectivity index (χ2n) is 4.11. The third-order valence-corrected chi connectivity index (χ3v) is 2.89. The molecule has 1 saturated heterocycles. The van der Waals surface area contributed by atoms with Crippen molar-refractivity contribution in [2.45, 2.75) is 25.9 Å². The fourth-order valence-electron chi connectivity index (χ4n) is 1.90. The molecule has 4 nitrogen and oxygen atoms in total. The van der Waals surface area contributed by atoms with E-state index in [0.29, 0.717) is 5.71 Å². The number of para-hydroxylation sites is 1. The van der Waals surface area contributed by atoms with Crippen molar-refractivity contribution in [3.8, 4) is 5.75 Å². The van der Waals surface area contributed by atoms with Crippen LogP contribution in [0.4, 0.5) is 0 Å². The van der Waals surface area contributed by atoms with Gasteiger partial charge >= 0.3 is 0 Å². The fourth-order valence-corrected chi connectivity index (χ4v) is 1.90. The summed E-state index contributed by atoms with van der Waals surface area (Å²) in [6.07, 6.45) is 2.00. The minimum absolute atomic E-state index is 0.191. The molecule has 0 unspecified atom stereocenters. The van der Waals surface area contributed by atoms with Crippen LogP contribution in [0.3, 0.4) is 0 Å².